The molecule has 2 N–H and O–H groups in total. The molecule has 0 fully saturated rings. The normalized spacial score (nSPS) is 10.5. The predicted octanol–water partition coefficient (Wildman–Crippen LogP) is 2.89. The first-order chi connectivity index (χ1) is 10.1. The molecule has 0 aliphatic heterocycles. The van der Waals surface area contributed by atoms with Crippen molar-refractivity contribution < 1.29 is 9.34 Å². The Morgan fingerprint density at radius 2 is 1.81 bits per heavy atom. The van der Waals surface area contributed by atoms with Crippen LogP contribution in [0.15, 0.2) is 53.1 Å². The standard InChI is InChI=1S/C14H10N4O3/c15-14-16-11(8-12(17-14)13-2-1-7-21-13)9-3-5-10(6-4-9)18(19)20/h1-8H,(H2,15,16,17). The van der Waals surface area contributed by atoms with Gasteiger partial charge in [-0.3, -0.25) is 10.1 Å². The van der Waals surface area contributed by atoms with Crippen molar-refractivity contribution in [1.29, 1.82) is 0 Å². The minimum absolute atomic E-state index is 0.0204. The van der Waals surface area contributed by atoms with Crippen LogP contribution < -0.4 is 5.73 Å². The molecule has 3 aromatic rings. The lowest BCUT2D eigenvalue weighted by Gasteiger charge is -2.04. The van der Waals surface area contributed by atoms with Gasteiger partial charge in [0.1, 0.15) is 5.69 Å². The highest BCUT2D eigenvalue weighted by Crippen LogP contribution is 2.26. The van der Waals surface area contributed by atoms with Gasteiger partial charge in [0, 0.05) is 17.7 Å². The molecule has 7 heteroatoms. The Hall–Kier alpha value is -3.22. The lowest BCUT2D eigenvalue weighted by atomic mass is 10.1. The Balaban J connectivity index is 2.04. The van der Waals surface area contributed by atoms with Gasteiger partial charge in [-0.2, -0.15) is 0 Å². The van der Waals surface area contributed by atoms with Gasteiger partial charge in [-0.1, -0.05) is 0 Å². The van der Waals surface area contributed by atoms with E-state index >= 15 is 0 Å². The molecule has 7 nitrogen and oxygen atoms in total. The highest BCUT2D eigenvalue weighted by Gasteiger charge is 2.10. The number of furan rings is 1. The predicted molar refractivity (Wildman–Crippen MR) is 76.2 cm³/mol. The first kappa shape index (κ1) is 12.8. The van der Waals surface area contributed by atoms with E-state index < -0.39 is 4.92 Å². The Morgan fingerprint density at radius 3 is 2.43 bits per heavy atom. The number of hydrogen-bond donors (Lipinski definition) is 1. The first-order valence-electron chi connectivity index (χ1n) is 6.07. The van der Waals surface area contributed by atoms with Gasteiger partial charge in [0.15, 0.2) is 5.76 Å². The molecule has 0 aliphatic carbocycles. The minimum atomic E-state index is -0.452. The number of rotatable bonds is 3. The molecule has 104 valence electrons. The average molecular weight is 282 g/mol. The average Bonchev–Trinajstić information content (AvgIpc) is 3.01. The molecule has 2 heterocycles. The fourth-order valence-corrected chi connectivity index (χ4v) is 1.92. The van der Waals surface area contributed by atoms with Crippen molar-refractivity contribution >= 4 is 11.6 Å². The molecule has 0 saturated carbocycles. The van der Waals surface area contributed by atoms with Crippen molar-refractivity contribution in [3.63, 3.8) is 0 Å². The van der Waals surface area contributed by atoms with Crippen molar-refractivity contribution in [1.82, 2.24) is 9.97 Å². The van der Waals surface area contributed by atoms with Gasteiger partial charge in [-0.05, 0) is 30.3 Å². The third kappa shape index (κ3) is 2.57. The number of aromatic nitrogens is 2. The molecule has 2 aromatic heterocycles. The quantitative estimate of drug-likeness (QED) is 0.584. The van der Waals surface area contributed by atoms with Gasteiger partial charge >= 0.3 is 0 Å². The maximum atomic E-state index is 10.7. The van der Waals surface area contributed by atoms with Crippen LogP contribution in [0.2, 0.25) is 0 Å². The zero-order valence-corrected chi connectivity index (χ0v) is 10.8. The van der Waals surface area contributed by atoms with Crippen molar-refractivity contribution in [2.24, 2.45) is 0 Å². The van der Waals surface area contributed by atoms with E-state index in [1.807, 2.05) is 0 Å². The molecule has 21 heavy (non-hydrogen) atoms. The van der Waals surface area contributed by atoms with E-state index in [1.165, 1.54) is 12.1 Å². The van der Waals surface area contributed by atoms with E-state index in [9.17, 15) is 10.1 Å². The fourth-order valence-electron chi connectivity index (χ4n) is 1.92. The number of nitro benzene ring substituents is 1. The summed E-state index contributed by atoms with van der Waals surface area (Å²) in [5, 5.41) is 10.7. The minimum Gasteiger partial charge on any atom is -0.463 e. The first-order valence-corrected chi connectivity index (χ1v) is 6.07. The second-order valence-corrected chi connectivity index (χ2v) is 4.28. The van der Waals surface area contributed by atoms with Crippen LogP contribution in [-0.4, -0.2) is 14.9 Å². The van der Waals surface area contributed by atoms with E-state index in [0.29, 0.717) is 22.7 Å². The van der Waals surface area contributed by atoms with Crippen molar-refractivity contribution in [2.75, 3.05) is 5.73 Å². The Bertz CT molecular complexity index is 782. The van der Waals surface area contributed by atoms with Crippen molar-refractivity contribution in [3.05, 3.63) is 58.8 Å². The van der Waals surface area contributed by atoms with Gasteiger partial charge in [-0.25, -0.2) is 9.97 Å². The van der Waals surface area contributed by atoms with Gasteiger partial charge < -0.3 is 10.2 Å². The summed E-state index contributed by atoms with van der Waals surface area (Å²) in [5.74, 6) is 0.685. The van der Waals surface area contributed by atoms with E-state index in [1.54, 1.807) is 36.6 Å². The number of nitro groups is 1. The lowest BCUT2D eigenvalue weighted by molar-refractivity contribution is -0.384. The van der Waals surface area contributed by atoms with Crippen LogP contribution >= 0.6 is 0 Å². The Morgan fingerprint density at radius 1 is 1.10 bits per heavy atom. The second kappa shape index (κ2) is 5.04. The number of non-ortho nitro benzene ring substituents is 1. The van der Waals surface area contributed by atoms with E-state index in [0.717, 1.165) is 0 Å². The lowest BCUT2D eigenvalue weighted by Crippen LogP contribution is -1.98. The van der Waals surface area contributed by atoms with Crippen LogP contribution in [0.1, 0.15) is 0 Å². The molecule has 1 aromatic carbocycles. The van der Waals surface area contributed by atoms with Gasteiger partial charge in [0.25, 0.3) is 5.69 Å². The van der Waals surface area contributed by atoms with Gasteiger partial charge in [0.05, 0.1) is 16.9 Å². The topological polar surface area (TPSA) is 108 Å². The summed E-state index contributed by atoms with van der Waals surface area (Å²) in [6, 6.07) is 11.3. The van der Waals surface area contributed by atoms with Crippen molar-refractivity contribution in [3.8, 4) is 22.7 Å². The SMILES string of the molecule is Nc1nc(-c2ccc([N+](=O)[O-])cc2)cc(-c2ccco2)n1. The van der Waals surface area contributed by atoms with Gasteiger partial charge in [-0.15, -0.1) is 0 Å². The molecule has 0 atom stereocenters. The highest BCUT2D eigenvalue weighted by molar-refractivity contribution is 5.67. The summed E-state index contributed by atoms with van der Waals surface area (Å²) in [6.07, 6.45) is 1.54. The van der Waals surface area contributed by atoms with E-state index in [4.69, 9.17) is 10.2 Å². The maximum absolute atomic E-state index is 10.7. The highest BCUT2D eigenvalue weighted by atomic mass is 16.6. The molecule has 0 saturated heterocycles. The summed E-state index contributed by atoms with van der Waals surface area (Å²) in [4.78, 5) is 18.5. The summed E-state index contributed by atoms with van der Waals surface area (Å²) in [6.45, 7) is 0. The molecule has 0 spiro atoms. The third-order valence-corrected chi connectivity index (χ3v) is 2.89. The smallest absolute Gasteiger partial charge is 0.269 e. The van der Waals surface area contributed by atoms with Crippen LogP contribution in [0.3, 0.4) is 0 Å². The van der Waals surface area contributed by atoms with Crippen molar-refractivity contribution in [2.45, 2.75) is 0 Å². The number of nitrogens with two attached hydrogens (primary N) is 1. The monoisotopic (exact) mass is 282 g/mol. The number of benzene rings is 1. The number of anilines is 1. The van der Waals surface area contributed by atoms with E-state index in [-0.39, 0.29) is 11.6 Å². The fraction of sp³-hybridized carbons (Fsp3) is 0. The zero-order chi connectivity index (χ0) is 14.8. The van der Waals surface area contributed by atoms with Crippen LogP contribution in [0.25, 0.3) is 22.7 Å². The second-order valence-electron chi connectivity index (χ2n) is 4.28. The molecule has 0 radical (unpaired) electrons. The molecule has 3 rings (SSSR count). The molecule has 0 amide bonds. The van der Waals surface area contributed by atoms with Crippen LogP contribution in [-0.2, 0) is 0 Å². The summed E-state index contributed by atoms with van der Waals surface area (Å²) in [5.41, 5.74) is 7.57. The molecule has 0 bridgehead atoms. The third-order valence-electron chi connectivity index (χ3n) is 2.89. The zero-order valence-electron chi connectivity index (χ0n) is 10.8. The summed E-state index contributed by atoms with van der Waals surface area (Å²) in [7, 11) is 0. The molecule has 0 aliphatic rings. The molecule has 0 unspecified atom stereocenters. The summed E-state index contributed by atoms with van der Waals surface area (Å²) < 4.78 is 5.28. The maximum Gasteiger partial charge on any atom is 0.269 e. The number of nitrogen functional groups attached to an aromatic ring is 1. The van der Waals surface area contributed by atoms with E-state index in [2.05, 4.69) is 9.97 Å². The molecular weight excluding hydrogens is 272 g/mol. The molecular formula is C14H10N4O3. The number of hydrogen-bond acceptors (Lipinski definition) is 6. The number of nitrogens with zero attached hydrogens (tertiary/aromatic N) is 3. The Kier molecular flexibility index (Phi) is 3.07. The van der Waals surface area contributed by atoms with Crippen LogP contribution in [0, 0.1) is 10.1 Å². The van der Waals surface area contributed by atoms with Crippen LogP contribution in [0.5, 0.6) is 0 Å². The summed E-state index contributed by atoms with van der Waals surface area (Å²) >= 11 is 0. The largest absolute Gasteiger partial charge is 0.463 e. The Labute approximate surface area is 119 Å². The van der Waals surface area contributed by atoms with Gasteiger partial charge in [0.2, 0.25) is 5.95 Å². The van der Waals surface area contributed by atoms with Crippen LogP contribution in [0.4, 0.5) is 11.6 Å².